The second kappa shape index (κ2) is 8.46. The highest BCUT2D eigenvalue weighted by molar-refractivity contribution is 5.75. The molecule has 0 aromatic heterocycles. The number of phenolic OH excluding ortho intramolecular Hbond substituents is 2. The van der Waals surface area contributed by atoms with Gasteiger partial charge in [-0.05, 0) is 30.0 Å². The normalized spacial score (nSPS) is 10.8. The smallest absolute Gasteiger partial charge is 0.220 e. The number of phenols is 2. The van der Waals surface area contributed by atoms with Gasteiger partial charge in [-0.25, -0.2) is 0 Å². The number of unbranched alkanes of at least 4 members (excludes halogenated alkanes) is 2. The van der Waals surface area contributed by atoms with Gasteiger partial charge in [-0.3, -0.25) is 4.79 Å². The van der Waals surface area contributed by atoms with Crippen LogP contribution in [0.1, 0.15) is 51.5 Å². The zero-order valence-electron chi connectivity index (χ0n) is 12.4. The third-order valence-corrected chi connectivity index (χ3v) is 3.21. The van der Waals surface area contributed by atoms with Gasteiger partial charge < -0.3 is 15.5 Å². The number of carbonyl (C=O) groups excluding carboxylic acids is 1. The molecule has 20 heavy (non-hydrogen) atoms. The molecule has 0 radical (unpaired) electrons. The van der Waals surface area contributed by atoms with Crippen LogP contribution in [0.15, 0.2) is 18.2 Å². The van der Waals surface area contributed by atoms with Gasteiger partial charge >= 0.3 is 0 Å². The molecule has 0 atom stereocenters. The van der Waals surface area contributed by atoms with E-state index >= 15 is 0 Å². The summed E-state index contributed by atoms with van der Waals surface area (Å²) in [4.78, 5) is 11.6. The molecule has 0 bridgehead atoms. The number of rotatable bonds is 8. The Labute approximate surface area is 120 Å². The third kappa shape index (κ3) is 6.45. The van der Waals surface area contributed by atoms with Crippen molar-refractivity contribution in [2.45, 2.75) is 52.5 Å². The van der Waals surface area contributed by atoms with Gasteiger partial charge in [0.25, 0.3) is 0 Å². The van der Waals surface area contributed by atoms with Crippen LogP contribution in [0, 0.1) is 5.92 Å². The summed E-state index contributed by atoms with van der Waals surface area (Å²) in [6.07, 6.45) is 4.94. The largest absolute Gasteiger partial charge is 0.504 e. The molecule has 0 aliphatic carbocycles. The summed E-state index contributed by atoms with van der Waals surface area (Å²) >= 11 is 0. The number of hydrogen-bond donors (Lipinski definition) is 3. The Balaban J connectivity index is 2.18. The molecule has 0 heterocycles. The number of hydrogen-bond acceptors (Lipinski definition) is 3. The first kappa shape index (κ1) is 16.3. The average Bonchev–Trinajstić information content (AvgIpc) is 2.39. The summed E-state index contributed by atoms with van der Waals surface area (Å²) in [7, 11) is 0. The lowest BCUT2D eigenvalue weighted by molar-refractivity contribution is -0.121. The number of amides is 1. The maximum atomic E-state index is 11.6. The highest BCUT2D eigenvalue weighted by Crippen LogP contribution is 2.24. The Morgan fingerprint density at radius 3 is 2.55 bits per heavy atom. The monoisotopic (exact) mass is 279 g/mol. The van der Waals surface area contributed by atoms with Gasteiger partial charge in [-0.1, -0.05) is 39.2 Å². The van der Waals surface area contributed by atoms with Crippen LogP contribution in [0.4, 0.5) is 0 Å². The standard InChI is InChI=1S/C16H25NO3/c1-12(2)6-4-3-5-7-16(20)17-11-13-8-9-14(18)15(19)10-13/h8-10,12,18-19H,3-7,11H2,1-2H3,(H,17,20). The molecule has 1 aromatic rings. The van der Waals surface area contributed by atoms with E-state index in [0.717, 1.165) is 24.3 Å². The quantitative estimate of drug-likeness (QED) is 0.505. The van der Waals surface area contributed by atoms with Crippen LogP contribution in [0.5, 0.6) is 11.5 Å². The fourth-order valence-electron chi connectivity index (χ4n) is 1.98. The molecule has 0 saturated heterocycles. The van der Waals surface area contributed by atoms with E-state index in [0.29, 0.717) is 13.0 Å². The first-order chi connectivity index (χ1) is 9.49. The van der Waals surface area contributed by atoms with E-state index in [1.165, 1.54) is 25.0 Å². The summed E-state index contributed by atoms with van der Waals surface area (Å²) in [5.41, 5.74) is 0.772. The van der Waals surface area contributed by atoms with Crippen molar-refractivity contribution in [3.8, 4) is 11.5 Å². The van der Waals surface area contributed by atoms with Gasteiger partial charge in [0.15, 0.2) is 11.5 Å². The molecule has 3 N–H and O–H groups in total. The number of aromatic hydroxyl groups is 2. The fourth-order valence-corrected chi connectivity index (χ4v) is 1.98. The van der Waals surface area contributed by atoms with Gasteiger partial charge in [0.05, 0.1) is 0 Å². The predicted molar refractivity (Wildman–Crippen MR) is 79.5 cm³/mol. The van der Waals surface area contributed by atoms with Crippen LogP contribution in [0.3, 0.4) is 0 Å². The van der Waals surface area contributed by atoms with Gasteiger partial charge in [0.2, 0.25) is 5.91 Å². The van der Waals surface area contributed by atoms with Crippen LogP contribution in [-0.2, 0) is 11.3 Å². The second-order valence-corrected chi connectivity index (χ2v) is 5.59. The van der Waals surface area contributed by atoms with E-state index in [9.17, 15) is 15.0 Å². The first-order valence-electron chi connectivity index (χ1n) is 7.26. The fraction of sp³-hybridized carbons (Fsp3) is 0.562. The van der Waals surface area contributed by atoms with Crippen LogP contribution in [0.2, 0.25) is 0 Å². The first-order valence-corrected chi connectivity index (χ1v) is 7.26. The molecular weight excluding hydrogens is 254 g/mol. The summed E-state index contributed by atoms with van der Waals surface area (Å²) in [5, 5.41) is 21.4. The van der Waals surface area contributed by atoms with Crippen molar-refractivity contribution < 1.29 is 15.0 Å². The van der Waals surface area contributed by atoms with Crippen molar-refractivity contribution >= 4 is 5.91 Å². The summed E-state index contributed by atoms with van der Waals surface area (Å²) < 4.78 is 0. The number of nitrogens with one attached hydrogen (secondary N) is 1. The van der Waals surface area contributed by atoms with E-state index in [2.05, 4.69) is 19.2 Å². The Kier molecular flexibility index (Phi) is 6.91. The van der Waals surface area contributed by atoms with E-state index in [1.54, 1.807) is 6.07 Å². The van der Waals surface area contributed by atoms with E-state index in [4.69, 9.17) is 0 Å². The molecule has 4 nitrogen and oxygen atoms in total. The van der Waals surface area contributed by atoms with Crippen molar-refractivity contribution in [2.24, 2.45) is 5.92 Å². The summed E-state index contributed by atoms with van der Waals surface area (Å²) in [6.45, 7) is 4.79. The SMILES string of the molecule is CC(C)CCCCCC(=O)NCc1ccc(O)c(O)c1. The van der Waals surface area contributed by atoms with Crippen molar-refractivity contribution in [1.29, 1.82) is 0 Å². The molecule has 1 aromatic carbocycles. The van der Waals surface area contributed by atoms with Gasteiger partial charge in [-0.15, -0.1) is 0 Å². The lowest BCUT2D eigenvalue weighted by atomic mass is 10.0. The highest BCUT2D eigenvalue weighted by atomic mass is 16.3. The van der Waals surface area contributed by atoms with Crippen molar-refractivity contribution in [3.63, 3.8) is 0 Å². The molecule has 0 aliphatic rings. The molecular formula is C16H25NO3. The number of benzene rings is 1. The second-order valence-electron chi connectivity index (χ2n) is 5.59. The summed E-state index contributed by atoms with van der Waals surface area (Å²) in [5.74, 6) is 0.448. The Bertz CT molecular complexity index is 430. The van der Waals surface area contributed by atoms with E-state index in [-0.39, 0.29) is 17.4 Å². The lowest BCUT2D eigenvalue weighted by Gasteiger charge is -2.07. The molecule has 0 aliphatic heterocycles. The maximum absolute atomic E-state index is 11.6. The molecule has 0 unspecified atom stereocenters. The molecule has 4 heteroatoms. The van der Waals surface area contributed by atoms with Gasteiger partial charge in [0, 0.05) is 13.0 Å². The molecule has 112 valence electrons. The zero-order chi connectivity index (χ0) is 15.0. The maximum Gasteiger partial charge on any atom is 0.220 e. The molecule has 0 spiro atoms. The lowest BCUT2D eigenvalue weighted by Crippen LogP contribution is -2.22. The molecule has 0 fully saturated rings. The van der Waals surface area contributed by atoms with Gasteiger partial charge in [0.1, 0.15) is 0 Å². The molecule has 0 saturated carbocycles. The minimum absolute atomic E-state index is 0.0297. The Morgan fingerprint density at radius 1 is 1.15 bits per heavy atom. The minimum Gasteiger partial charge on any atom is -0.504 e. The van der Waals surface area contributed by atoms with Gasteiger partial charge in [-0.2, -0.15) is 0 Å². The van der Waals surface area contributed by atoms with Crippen molar-refractivity contribution in [3.05, 3.63) is 23.8 Å². The van der Waals surface area contributed by atoms with E-state index in [1.807, 2.05) is 0 Å². The molecule has 1 amide bonds. The average molecular weight is 279 g/mol. The van der Waals surface area contributed by atoms with Crippen LogP contribution < -0.4 is 5.32 Å². The van der Waals surface area contributed by atoms with Crippen LogP contribution in [-0.4, -0.2) is 16.1 Å². The zero-order valence-corrected chi connectivity index (χ0v) is 12.4. The topological polar surface area (TPSA) is 69.6 Å². The van der Waals surface area contributed by atoms with Crippen molar-refractivity contribution in [2.75, 3.05) is 0 Å². The molecule has 1 rings (SSSR count). The van der Waals surface area contributed by atoms with Crippen LogP contribution >= 0.6 is 0 Å². The Morgan fingerprint density at radius 2 is 1.90 bits per heavy atom. The van der Waals surface area contributed by atoms with E-state index < -0.39 is 0 Å². The Hall–Kier alpha value is -1.71. The summed E-state index contributed by atoms with van der Waals surface area (Å²) in [6, 6.07) is 4.55. The minimum atomic E-state index is -0.162. The van der Waals surface area contributed by atoms with Crippen LogP contribution in [0.25, 0.3) is 0 Å². The van der Waals surface area contributed by atoms with Crippen molar-refractivity contribution in [1.82, 2.24) is 5.32 Å². The predicted octanol–water partition coefficient (Wildman–Crippen LogP) is 3.32. The third-order valence-electron chi connectivity index (χ3n) is 3.21. The highest BCUT2D eigenvalue weighted by Gasteiger charge is 2.04. The number of carbonyl (C=O) groups is 1.